The third-order valence-corrected chi connectivity index (χ3v) is 4.25. The van der Waals surface area contributed by atoms with Crippen LogP contribution in [0.15, 0.2) is 48.5 Å². The lowest BCUT2D eigenvalue weighted by molar-refractivity contribution is 0.133. The molecule has 2 aromatic carbocycles. The predicted molar refractivity (Wildman–Crippen MR) is 86.4 cm³/mol. The van der Waals surface area contributed by atoms with Crippen molar-refractivity contribution in [2.45, 2.75) is 32.4 Å². The predicted octanol–water partition coefficient (Wildman–Crippen LogP) is 3.65. The molecule has 0 fully saturated rings. The van der Waals surface area contributed by atoms with E-state index in [0.29, 0.717) is 12.5 Å². The Balaban J connectivity index is 1.52. The number of hydrogen-bond donors (Lipinski definition) is 1. The van der Waals surface area contributed by atoms with E-state index in [2.05, 4.69) is 53.8 Å². The second-order valence-corrected chi connectivity index (χ2v) is 5.64. The maximum Gasteiger partial charge on any atom is 0.0719 e. The highest BCUT2D eigenvalue weighted by Gasteiger charge is 2.24. The summed E-state index contributed by atoms with van der Waals surface area (Å²) < 4.78 is 5.54. The van der Waals surface area contributed by atoms with Crippen molar-refractivity contribution in [2.75, 3.05) is 13.2 Å². The minimum absolute atomic E-state index is 0.681. The fourth-order valence-electron chi connectivity index (χ4n) is 3.01. The van der Waals surface area contributed by atoms with E-state index in [0.717, 1.165) is 19.7 Å². The molecule has 1 N–H and O–H groups in total. The first-order valence-corrected chi connectivity index (χ1v) is 7.81. The van der Waals surface area contributed by atoms with E-state index >= 15 is 0 Å². The Kier molecular flexibility index (Phi) is 4.69. The second-order valence-electron chi connectivity index (χ2n) is 5.64. The van der Waals surface area contributed by atoms with E-state index in [1.165, 1.54) is 28.7 Å². The van der Waals surface area contributed by atoms with Crippen molar-refractivity contribution in [2.24, 2.45) is 0 Å². The molecule has 110 valence electrons. The van der Waals surface area contributed by atoms with Gasteiger partial charge in [0.05, 0.1) is 6.61 Å². The number of benzene rings is 2. The van der Waals surface area contributed by atoms with Gasteiger partial charge in [0.2, 0.25) is 0 Å². The second kappa shape index (κ2) is 6.88. The lowest BCUT2D eigenvalue weighted by atomic mass is 9.77. The van der Waals surface area contributed by atoms with Gasteiger partial charge < -0.3 is 10.1 Å². The van der Waals surface area contributed by atoms with E-state index < -0.39 is 0 Å². The molecule has 3 rings (SSSR count). The molecule has 0 saturated heterocycles. The molecule has 0 radical (unpaired) electrons. The van der Waals surface area contributed by atoms with Gasteiger partial charge in [0, 0.05) is 25.6 Å². The minimum atomic E-state index is 0.681. The summed E-state index contributed by atoms with van der Waals surface area (Å²) in [7, 11) is 0. The molecule has 0 bridgehead atoms. The van der Waals surface area contributed by atoms with Gasteiger partial charge in [-0.05, 0) is 35.6 Å². The van der Waals surface area contributed by atoms with E-state index in [9.17, 15) is 0 Å². The molecule has 1 atom stereocenters. The summed E-state index contributed by atoms with van der Waals surface area (Å²) in [6.45, 7) is 5.48. The average Bonchev–Trinajstić information content (AvgIpc) is 2.50. The highest BCUT2D eigenvalue weighted by atomic mass is 16.5. The Morgan fingerprint density at radius 2 is 1.81 bits per heavy atom. The number of hydrogen-bond acceptors (Lipinski definition) is 2. The van der Waals surface area contributed by atoms with Gasteiger partial charge in [-0.15, -0.1) is 0 Å². The Hall–Kier alpha value is -1.64. The minimum Gasteiger partial charge on any atom is -0.377 e. The van der Waals surface area contributed by atoms with Crippen molar-refractivity contribution in [3.05, 3.63) is 70.8 Å². The smallest absolute Gasteiger partial charge is 0.0719 e. The molecule has 0 amide bonds. The molecule has 0 heterocycles. The van der Waals surface area contributed by atoms with Crippen LogP contribution in [0.25, 0.3) is 0 Å². The van der Waals surface area contributed by atoms with Crippen LogP contribution in [0.4, 0.5) is 0 Å². The van der Waals surface area contributed by atoms with Gasteiger partial charge in [-0.1, -0.05) is 48.5 Å². The van der Waals surface area contributed by atoms with Crippen LogP contribution in [0.2, 0.25) is 0 Å². The van der Waals surface area contributed by atoms with Gasteiger partial charge in [-0.3, -0.25) is 0 Å². The first kappa shape index (κ1) is 14.3. The molecule has 2 nitrogen and oxygen atoms in total. The van der Waals surface area contributed by atoms with Gasteiger partial charge in [0.15, 0.2) is 0 Å². The molecule has 2 heteroatoms. The molecule has 0 aromatic heterocycles. The highest BCUT2D eigenvalue weighted by molar-refractivity contribution is 5.40. The third kappa shape index (κ3) is 3.34. The highest BCUT2D eigenvalue weighted by Crippen LogP contribution is 2.34. The van der Waals surface area contributed by atoms with Crippen molar-refractivity contribution in [3.8, 4) is 0 Å². The lowest BCUT2D eigenvalue weighted by Gasteiger charge is -2.30. The molecule has 0 spiro atoms. The standard InChI is InChI=1S/C19H23NO/c1-2-21-14-17-9-4-3-8-16(17)12-20-13-18-11-15-7-5-6-10-19(15)18/h3-10,18,20H,2,11-14H2,1H3. The van der Waals surface area contributed by atoms with Crippen LogP contribution in [0.1, 0.15) is 35.1 Å². The van der Waals surface area contributed by atoms with Crippen molar-refractivity contribution in [3.63, 3.8) is 0 Å². The first-order chi connectivity index (χ1) is 10.4. The lowest BCUT2D eigenvalue weighted by Crippen LogP contribution is -2.29. The van der Waals surface area contributed by atoms with Crippen molar-refractivity contribution in [1.29, 1.82) is 0 Å². The van der Waals surface area contributed by atoms with E-state index in [4.69, 9.17) is 4.74 Å². The first-order valence-electron chi connectivity index (χ1n) is 7.81. The molecule has 0 aliphatic heterocycles. The van der Waals surface area contributed by atoms with E-state index in [1.807, 2.05) is 6.92 Å². The van der Waals surface area contributed by atoms with Crippen molar-refractivity contribution < 1.29 is 4.74 Å². The quantitative estimate of drug-likeness (QED) is 0.836. The van der Waals surface area contributed by atoms with Gasteiger partial charge in [-0.2, -0.15) is 0 Å². The fourth-order valence-corrected chi connectivity index (χ4v) is 3.01. The number of nitrogens with one attached hydrogen (secondary N) is 1. The molecule has 21 heavy (non-hydrogen) atoms. The molecular weight excluding hydrogens is 258 g/mol. The number of ether oxygens (including phenoxy) is 1. The van der Waals surface area contributed by atoms with Gasteiger partial charge >= 0.3 is 0 Å². The summed E-state index contributed by atoms with van der Waals surface area (Å²) in [4.78, 5) is 0. The number of rotatable bonds is 7. The van der Waals surface area contributed by atoms with Crippen LogP contribution in [0, 0.1) is 0 Å². The van der Waals surface area contributed by atoms with E-state index in [-0.39, 0.29) is 0 Å². The van der Waals surface area contributed by atoms with Crippen LogP contribution >= 0.6 is 0 Å². The van der Waals surface area contributed by atoms with Crippen LogP contribution in [-0.2, 0) is 24.3 Å². The zero-order chi connectivity index (χ0) is 14.5. The van der Waals surface area contributed by atoms with Crippen LogP contribution in [-0.4, -0.2) is 13.2 Å². The Morgan fingerprint density at radius 3 is 2.62 bits per heavy atom. The van der Waals surface area contributed by atoms with Crippen molar-refractivity contribution >= 4 is 0 Å². The average molecular weight is 281 g/mol. The molecule has 2 aromatic rings. The van der Waals surface area contributed by atoms with Crippen LogP contribution in [0.5, 0.6) is 0 Å². The summed E-state index contributed by atoms with van der Waals surface area (Å²) in [5, 5.41) is 3.61. The van der Waals surface area contributed by atoms with Crippen LogP contribution < -0.4 is 5.32 Å². The van der Waals surface area contributed by atoms with Gasteiger partial charge in [0.1, 0.15) is 0 Å². The van der Waals surface area contributed by atoms with Crippen molar-refractivity contribution in [1.82, 2.24) is 5.32 Å². The fraction of sp³-hybridized carbons (Fsp3) is 0.368. The molecule has 1 aliphatic carbocycles. The molecular formula is C19H23NO. The summed E-state index contributed by atoms with van der Waals surface area (Å²) >= 11 is 0. The topological polar surface area (TPSA) is 21.3 Å². The maximum atomic E-state index is 5.54. The summed E-state index contributed by atoms with van der Waals surface area (Å²) in [6.07, 6.45) is 1.21. The summed E-state index contributed by atoms with van der Waals surface area (Å²) in [5.74, 6) is 0.681. The number of fused-ring (bicyclic) bond motifs is 1. The summed E-state index contributed by atoms with van der Waals surface area (Å²) in [6, 6.07) is 17.3. The maximum absolute atomic E-state index is 5.54. The molecule has 1 unspecified atom stereocenters. The van der Waals surface area contributed by atoms with Gasteiger partial charge in [-0.25, -0.2) is 0 Å². The largest absolute Gasteiger partial charge is 0.377 e. The monoisotopic (exact) mass is 281 g/mol. The van der Waals surface area contributed by atoms with Gasteiger partial charge in [0.25, 0.3) is 0 Å². The molecule has 1 aliphatic rings. The SMILES string of the molecule is CCOCc1ccccc1CNCC1Cc2ccccc21. The Bertz CT molecular complexity index is 594. The molecule has 0 saturated carbocycles. The zero-order valence-electron chi connectivity index (χ0n) is 12.6. The zero-order valence-corrected chi connectivity index (χ0v) is 12.6. The Labute approximate surface area is 127 Å². The third-order valence-electron chi connectivity index (χ3n) is 4.25. The Morgan fingerprint density at radius 1 is 1.05 bits per heavy atom. The summed E-state index contributed by atoms with van der Waals surface area (Å²) in [5.41, 5.74) is 5.67. The normalized spacial score (nSPS) is 16.3. The van der Waals surface area contributed by atoms with E-state index in [1.54, 1.807) is 0 Å². The van der Waals surface area contributed by atoms with Crippen LogP contribution in [0.3, 0.4) is 0 Å².